The van der Waals surface area contributed by atoms with E-state index in [1.807, 2.05) is 24.3 Å². The summed E-state index contributed by atoms with van der Waals surface area (Å²) in [5.74, 6) is 2.45. The Morgan fingerprint density at radius 3 is 2.86 bits per heavy atom. The summed E-state index contributed by atoms with van der Waals surface area (Å²) >= 11 is 0. The number of carbonyl (C=O) groups is 1. The number of hydrogen-bond donors (Lipinski definition) is 0. The van der Waals surface area contributed by atoms with E-state index >= 15 is 0 Å². The molecule has 1 unspecified atom stereocenters. The maximum atomic E-state index is 12.6. The van der Waals surface area contributed by atoms with Crippen molar-refractivity contribution >= 4 is 5.91 Å². The minimum atomic E-state index is -0.147. The molecule has 0 spiro atoms. The second-order valence-electron chi connectivity index (χ2n) is 6.82. The molecule has 0 bridgehead atoms. The van der Waals surface area contributed by atoms with E-state index in [0.717, 1.165) is 29.9 Å². The Bertz CT molecular complexity index is 942. The van der Waals surface area contributed by atoms with Gasteiger partial charge in [-0.05, 0) is 25.0 Å². The third-order valence-corrected chi connectivity index (χ3v) is 4.94. The number of methoxy groups -OCH3 is 1. The number of oxazole rings is 1. The summed E-state index contributed by atoms with van der Waals surface area (Å²) in [7, 11) is 1.66. The van der Waals surface area contributed by atoms with Gasteiger partial charge in [-0.15, -0.1) is 0 Å². The normalized spacial score (nSPS) is 16.8. The van der Waals surface area contributed by atoms with Crippen molar-refractivity contribution in [3.63, 3.8) is 0 Å². The highest BCUT2D eigenvalue weighted by atomic mass is 16.5. The van der Waals surface area contributed by atoms with Crippen molar-refractivity contribution in [3.8, 4) is 5.75 Å². The second kappa shape index (κ2) is 8.21. The zero-order valence-corrected chi connectivity index (χ0v) is 15.7. The van der Waals surface area contributed by atoms with Crippen molar-refractivity contribution in [1.29, 1.82) is 0 Å². The summed E-state index contributed by atoms with van der Waals surface area (Å²) in [5, 5.41) is 0. The molecular formula is C21H22N4O3. The van der Waals surface area contributed by atoms with Gasteiger partial charge in [0, 0.05) is 37.5 Å². The van der Waals surface area contributed by atoms with Crippen LogP contribution in [0.1, 0.15) is 46.6 Å². The van der Waals surface area contributed by atoms with E-state index in [1.165, 1.54) is 0 Å². The number of piperidine rings is 1. The first-order chi connectivity index (χ1) is 13.7. The van der Waals surface area contributed by atoms with Crippen LogP contribution in [0.5, 0.6) is 5.75 Å². The van der Waals surface area contributed by atoms with Gasteiger partial charge in [0.1, 0.15) is 11.5 Å². The first kappa shape index (κ1) is 18.2. The number of carbonyl (C=O) groups excluding carboxylic acids is 1. The number of para-hydroxylation sites is 1. The molecule has 0 aliphatic carbocycles. The van der Waals surface area contributed by atoms with E-state index in [2.05, 4.69) is 15.0 Å². The molecule has 1 aliphatic rings. The van der Waals surface area contributed by atoms with E-state index in [4.69, 9.17) is 9.15 Å². The van der Waals surface area contributed by atoms with Crippen LogP contribution in [0.3, 0.4) is 0 Å². The SMILES string of the molecule is COc1ccccc1Cc1cnc(C2CCCN(C(=O)c3ncccn3)C2)o1. The van der Waals surface area contributed by atoms with Crippen molar-refractivity contribution in [2.45, 2.75) is 25.2 Å². The van der Waals surface area contributed by atoms with Gasteiger partial charge in [-0.1, -0.05) is 18.2 Å². The average molecular weight is 378 g/mol. The molecule has 7 nitrogen and oxygen atoms in total. The largest absolute Gasteiger partial charge is 0.496 e. The third kappa shape index (κ3) is 3.88. The molecule has 1 atom stereocenters. The van der Waals surface area contributed by atoms with Crippen LogP contribution in [-0.4, -0.2) is 46.0 Å². The molecule has 7 heteroatoms. The molecule has 4 rings (SSSR count). The summed E-state index contributed by atoms with van der Waals surface area (Å²) in [6.45, 7) is 1.26. The molecular weight excluding hydrogens is 356 g/mol. The molecule has 144 valence electrons. The van der Waals surface area contributed by atoms with Crippen LogP contribution in [0.2, 0.25) is 0 Å². The van der Waals surface area contributed by atoms with E-state index in [9.17, 15) is 4.79 Å². The van der Waals surface area contributed by atoms with Crippen molar-refractivity contribution in [2.75, 3.05) is 20.2 Å². The van der Waals surface area contributed by atoms with Crippen molar-refractivity contribution in [1.82, 2.24) is 19.9 Å². The fourth-order valence-corrected chi connectivity index (χ4v) is 3.54. The lowest BCUT2D eigenvalue weighted by Gasteiger charge is -2.30. The molecule has 1 saturated heterocycles. The number of rotatable bonds is 5. The lowest BCUT2D eigenvalue weighted by Crippen LogP contribution is -2.39. The van der Waals surface area contributed by atoms with Crippen LogP contribution in [0.15, 0.2) is 53.3 Å². The Morgan fingerprint density at radius 2 is 2.04 bits per heavy atom. The number of benzene rings is 1. The van der Waals surface area contributed by atoms with Crippen molar-refractivity contribution in [2.24, 2.45) is 0 Å². The predicted molar refractivity (Wildman–Crippen MR) is 102 cm³/mol. The zero-order valence-electron chi connectivity index (χ0n) is 15.7. The van der Waals surface area contributed by atoms with E-state index in [0.29, 0.717) is 25.4 Å². The summed E-state index contributed by atoms with van der Waals surface area (Å²) in [4.78, 5) is 27.0. The van der Waals surface area contributed by atoms with Crippen LogP contribution < -0.4 is 4.74 Å². The summed E-state index contributed by atoms with van der Waals surface area (Å²) < 4.78 is 11.4. The maximum absolute atomic E-state index is 12.6. The van der Waals surface area contributed by atoms with E-state index in [-0.39, 0.29) is 17.6 Å². The van der Waals surface area contributed by atoms with Crippen molar-refractivity contribution in [3.05, 3.63) is 72.0 Å². The lowest BCUT2D eigenvalue weighted by atomic mass is 9.98. The van der Waals surface area contributed by atoms with Crippen LogP contribution in [0.25, 0.3) is 0 Å². The summed E-state index contributed by atoms with van der Waals surface area (Å²) in [6, 6.07) is 9.57. The lowest BCUT2D eigenvalue weighted by molar-refractivity contribution is 0.0685. The second-order valence-corrected chi connectivity index (χ2v) is 6.82. The van der Waals surface area contributed by atoms with Gasteiger partial charge >= 0.3 is 0 Å². The minimum absolute atomic E-state index is 0.0767. The smallest absolute Gasteiger partial charge is 0.291 e. The first-order valence-electron chi connectivity index (χ1n) is 9.37. The van der Waals surface area contributed by atoms with Gasteiger partial charge in [-0.25, -0.2) is 15.0 Å². The van der Waals surface area contributed by atoms with Gasteiger partial charge < -0.3 is 14.1 Å². The van der Waals surface area contributed by atoms with E-state index in [1.54, 1.807) is 36.7 Å². The number of amides is 1. The van der Waals surface area contributed by atoms with Crippen LogP contribution in [0.4, 0.5) is 0 Å². The van der Waals surface area contributed by atoms with Crippen LogP contribution in [-0.2, 0) is 6.42 Å². The molecule has 0 saturated carbocycles. The number of ether oxygens (including phenoxy) is 1. The van der Waals surface area contributed by atoms with Gasteiger partial charge in [0.05, 0.1) is 19.2 Å². The highest BCUT2D eigenvalue weighted by Gasteiger charge is 2.29. The van der Waals surface area contributed by atoms with Crippen LogP contribution >= 0.6 is 0 Å². The standard InChI is InChI=1S/C21H22N4O3/c1-27-18-8-3-2-6-15(18)12-17-13-24-20(28-17)16-7-4-11-25(14-16)21(26)19-22-9-5-10-23-19/h2-3,5-6,8-10,13,16H,4,7,11-12,14H2,1H3. The number of aromatic nitrogens is 3. The fraction of sp³-hybridized carbons (Fsp3) is 0.333. The number of likely N-dealkylation sites (tertiary alicyclic amines) is 1. The zero-order chi connectivity index (χ0) is 19.3. The minimum Gasteiger partial charge on any atom is -0.496 e. The first-order valence-corrected chi connectivity index (χ1v) is 9.37. The van der Waals surface area contributed by atoms with Gasteiger partial charge in [-0.3, -0.25) is 4.79 Å². The highest BCUT2D eigenvalue weighted by Crippen LogP contribution is 2.28. The van der Waals surface area contributed by atoms with Gasteiger partial charge in [0.25, 0.3) is 5.91 Å². The molecule has 2 aromatic heterocycles. The maximum Gasteiger partial charge on any atom is 0.291 e. The van der Waals surface area contributed by atoms with E-state index < -0.39 is 0 Å². The molecule has 3 aromatic rings. The predicted octanol–water partition coefficient (Wildman–Crippen LogP) is 3.08. The Hall–Kier alpha value is -3.22. The molecule has 1 fully saturated rings. The fourth-order valence-electron chi connectivity index (χ4n) is 3.54. The Morgan fingerprint density at radius 1 is 1.21 bits per heavy atom. The molecule has 3 heterocycles. The number of hydrogen-bond acceptors (Lipinski definition) is 6. The summed E-state index contributed by atoms with van der Waals surface area (Å²) in [5.41, 5.74) is 1.05. The number of nitrogens with zero attached hydrogens (tertiary/aromatic N) is 4. The Balaban J connectivity index is 1.45. The summed E-state index contributed by atoms with van der Waals surface area (Å²) in [6.07, 6.45) is 7.38. The van der Waals surface area contributed by atoms with Crippen molar-refractivity contribution < 1.29 is 13.9 Å². The Kier molecular flexibility index (Phi) is 5.32. The molecule has 28 heavy (non-hydrogen) atoms. The topological polar surface area (TPSA) is 81.4 Å². The molecule has 0 radical (unpaired) electrons. The molecule has 1 aromatic carbocycles. The van der Waals surface area contributed by atoms with Crippen LogP contribution in [0, 0.1) is 0 Å². The average Bonchev–Trinajstić information content (AvgIpc) is 3.23. The Labute approximate surface area is 163 Å². The highest BCUT2D eigenvalue weighted by molar-refractivity contribution is 5.90. The monoisotopic (exact) mass is 378 g/mol. The third-order valence-electron chi connectivity index (χ3n) is 4.94. The van der Waals surface area contributed by atoms with Gasteiger partial charge in [0.15, 0.2) is 5.89 Å². The molecule has 0 N–H and O–H groups in total. The van der Waals surface area contributed by atoms with Gasteiger partial charge in [-0.2, -0.15) is 0 Å². The molecule has 1 amide bonds. The molecule has 1 aliphatic heterocycles. The van der Waals surface area contributed by atoms with Gasteiger partial charge in [0.2, 0.25) is 5.82 Å². The quantitative estimate of drug-likeness (QED) is 0.679.